The fourth-order valence-electron chi connectivity index (χ4n) is 8.52. The molecule has 0 amide bonds. The summed E-state index contributed by atoms with van der Waals surface area (Å²) in [6.45, 7) is 6.61. The Morgan fingerprint density at radius 2 is 0.529 bits per heavy atom. The quantitative estimate of drug-likeness (QED) is 0.0262. The number of carbonyl (C=O) groups is 3. The molecule has 0 rings (SSSR count). The highest BCUT2D eigenvalue weighted by Gasteiger charge is 2.19. The highest BCUT2D eigenvalue weighted by Crippen LogP contribution is 2.16. The Hall–Kier alpha value is -2.63. The smallest absolute Gasteiger partial charge is 0.306 e. The van der Waals surface area contributed by atoms with Crippen LogP contribution in [0.2, 0.25) is 0 Å². The van der Waals surface area contributed by atoms with Crippen molar-refractivity contribution in [3.05, 3.63) is 48.6 Å². The minimum atomic E-state index is -0.781. The Bertz CT molecular complexity index is 1190. The average molecular weight is 954 g/mol. The van der Waals surface area contributed by atoms with Gasteiger partial charge in [-0.2, -0.15) is 0 Å². The van der Waals surface area contributed by atoms with Crippen molar-refractivity contribution in [2.75, 3.05) is 13.2 Å². The second kappa shape index (κ2) is 57.0. The molecule has 0 aromatic rings. The van der Waals surface area contributed by atoms with Crippen LogP contribution in [0.25, 0.3) is 0 Å². The molecule has 0 saturated carbocycles. The largest absolute Gasteiger partial charge is 0.462 e. The molecule has 0 heterocycles. The summed E-state index contributed by atoms with van der Waals surface area (Å²) in [7, 11) is 0. The Kier molecular flexibility index (Phi) is 54.8. The van der Waals surface area contributed by atoms with Gasteiger partial charge < -0.3 is 14.2 Å². The number of hydrogen-bond acceptors (Lipinski definition) is 6. The number of hydrogen-bond donors (Lipinski definition) is 0. The van der Waals surface area contributed by atoms with E-state index in [1.807, 2.05) is 0 Å². The van der Waals surface area contributed by atoms with Gasteiger partial charge in [0.1, 0.15) is 13.2 Å². The van der Waals surface area contributed by atoms with Crippen LogP contribution < -0.4 is 0 Å². The zero-order valence-corrected chi connectivity index (χ0v) is 45.4. The van der Waals surface area contributed by atoms with E-state index in [1.165, 1.54) is 193 Å². The van der Waals surface area contributed by atoms with E-state index in [4.69, 9.17) is 14.2 Å². The predicted octanol–water partition coefficient (Wildman–Crippen LogP) is 19.8. The zero-order chi connectivity index (χ0) is 49.3. The molecule has 396 valence electrons. The van der Waals surface area contributed by atoms with Gasteiger partial charge in [-0.15, -0.1) is 0 Å². The standard InChI is InChI=1S/C62H112O6/c1-4-7-10-13-16-19-22-25-27-29-30-31-32-34-35-37-40-43-46-49-52-55-61(64)67-58-59(57-66-60(63)54-51-48-45-42-39-24-21-18-15-12-9-6-3)68-62(65)56-53-50-47-44-41-38-36-33-28-26-23-20-17-14-11-8-5-2/h17-18,20-21,26,28-30,59H,4-16,19,22-25,27,31-58H2,1-3H3/b20-17-,21-18-,28-26-,30-29-. The Balaban J connectivity index is 4.32. The molecule has 1 atom stereocenters. The molecule has 6 nitrogen and oxygen atoms in total. The van der Waals surface area contributed by atoms with Crippen molar-refractivity contribution < 1.29 is 28.6 Å². The van der Waals surface area contributed by atoms with Crippen molar-refractivity contribution in [1.29, 1.82) is 0 Å². The predicted molar refractivity (Wildman–Crippen MR) is 293 cm³/mol. The van der Waals surface area contributed by atoms with Crippen molar-refractivity contribution in [3.63, 3.8) is 0 Å². The van der Waals surface area contributed by atoms with Crippen LogP contribution in [0.15, 0.2) is 48.6 Å². The van der Waals surface area contributed by atoms with Crippen LogP contribution in [-0.2, 0) is 28.6 Å². The van der Waals surface area contributed by atoms with E-state index >= 15 is 0 Å². The van der Waals surface area contributed by atoms with Gasteiger partial charge in [-0.3, -0.25) is 14.4 Å². The summed E-state index contributed by atoms with van der Waals surface area (Å²) in [5, 5.41) is 0. The second-order valence-corrected chi connectivity index (χ2v) is 19.9. The molecule has 0 saturated heterocycles. The lowest BCUT2D eigenvalue weighted by Crippen LogP contribution is -2.30. The molecule has 0 aliphatic rings. The first-order valence-electron chi connectivity index (χ1n) is 29.6. The van der Waals surface area contributed by atoms with E-state index in [1.54, 1.807) is 0 Å². The first-order chi connectivity index (χ1) is 33.5. The lowest BCUT2D eigenvalue weighted by Gasteiger charge is -2.18. The number of rotatable bonds is 54. The highest BCUT2D eigenvalue weighted by atomic mass is 16.6. The summed E-state index contributed by atoms with van der Waals surface area (Å²) >= 11 is 0. The topological polar surface area (TPSA) is 78.9 Å². The van der Waals surface area contributed by atoms with E-state index in [0.29, 0.717) is 19.3 Å². The van der Waals surface area contributed by atoms with Gasteiger partial charge in [0.25, 0.3) is 0 Å². The molecule has 0 spiro atoms. The van der Waals surface area contributed by atoms with Crippen LogP contribution in [0.4, 0.5) is 0 Å². The summed E-state index contributed by atoms with van der Waals surface area (Å²) in [5.41, 5.74) is 0. The monoisotopic (exact) mass is 953 g/mol. The third kappa shape index (κ3) is 54.3. The molecule has 0 aromatic carbocycles. The van der Waals surface area contributed by atoms with E-state index in [2.05, 4.69) is 69.4 Å². The summed E-state index contributed by atoms with van der Waals surface area (Å²) in [6.07, 6.45) is 69.6. The molecule has 0 radical (unpaired) electrons. The fraction of sp³-hybridized carbons (Fsp3) is 0.823. The molecule has 0 aliphatic heterocycles. The van der Waals surface area contributed by atoms with Gasteiger partial charge in [0.15, 0.2) is 6.10 Å². The van der Waals surface area contributed by atoms with Crippen molar-refractivity contribution >= 4 is 17.9 Å². The molecule has 0 aliphatic carbocycles. The van der Waals surface area contributed by atoms with Gasteiger partial charge in [-0.25, -0.2) is 0 Å². The third-order valence-electron chi connectivity index (χ3n) is 13.0. The van der Waals surface area contributed by atoms with Crippen molar-refractivity contribution in [1.82, 2.24) is 0 Å². The lowest BCUT2D eigenvalue weighted by atomic mass is 10.1. The van der Waals surface area contributed by atoms with Gasteiger partial charge in [-0.05, 0) is 103 Å². The Morgan fingerprint density at radius 3 is 0.853 bits per heavy atom. The van der Waals surface area contributed by atoms with Gasteiger partial charge in [0.2, 0.25) is 0 Å². The van der Waals surface area contributed by atoms with E-state index in [0.717, 1.165) is 77.0 Å². The van der Waals surface area contributed by atoms with Crippen LogP contribution in [0.5, 0.6) is 0 Å². The first-order valence-corrected chi connectivity index (χ1v) is 29.6. The summed E-state index contributed by atoms with van der Waals surface area (Å²) in [5.74, 6) is -0.885. The highest BCUT2D eigenvalue weighted by molar-refractivity contribution is 5.71. The number of allylic oxidation sites excluding steroid dienone is 8. The maximum atomic E-state index is 12.9. The van der Waals surface area contributed by atoms with Gasteiger partial charge in [0, 0.05) is 19.3 Å². The van der Waals surface area contributed by atoms with Gasteiger partial charge >= 0.3 is 17.9 Å². The van der Waals surface area contributed by atoms with Crippen LogP contribution in [0.3, 0.4) is 0 Å². The summed E-state index contributed by atoms with van der Waals surface area (Å²) in [6, 6.07) is 0. The molecule has 0 fully saturated rings. The molecule has 0 bridgehead atoms. The molecule has 68 heavy (non-hydrogen) atoms. The van der Waals surface area contributed by atoms with Crippen molar-refractivity contribution in [2.24, 2.45) is 0 Å². The normalized spacial score (nSPS) is 12.3. The van der Waals surface area contributed by atoms with E-state index < -0.39 is 6.10 Å². The maximum Gasteiger partial charge on any atom is 0.306 e. The van der Waals surface area contributed by atoms with E-state index in [-0.39, 0.29) is 31.1 Å². The molecular formula is C62H112O6. The van der Waals surface area contributed by atoms with E-state index in [9.17, 15) is 14.4 Å². The SMILES string of the molecule is CCCCC/C=C\C/C=C\CCCCCCCCCC(=O)OC(COC(=O)CCCCCCC/C=C\CCCCC)COC(=O)CCCCCCCCCCC/C=C\CCCCCCCCCC. The Labute approximate surface area is 422 Å². The number of unbranched alkanes of at least 4 members (excludes halogenated alkanes) is 35. The van der Waals surface area contributed by atoms with Crippen LogP contribution in [0, 0.1) is 0 Å². The zero-order valence-electron chi connectivity index (χ0n) is 45.4. The maximum absolute atomic E-state index is 12.9. The fourth-order valence-corrected chi connectivity index (χ4v) is 8.52. The van der Waals surface area contributed by atoms with Crippen LogP contribution in [0.1, 0.15) is 310 Å². The molecule has 1 unspecified atom stereocenters. The van der Waals surface area contributed by atoms with Crippen molar-refractivity contribution in [2.45, 2.75) is 316 Å². The first kappa shape index (κ1) is 65.4. The van der Waals surface area contributed by atoms with Crippen molar-refractivity contribution in [3.8, 4) is 0 Å². The lowest BCUT2D eigenvalue weighted by molar-refractivity contribution is -0.167. The Morgan fingerprint density at radius 1 is 0.294 bits per heavy atom. The number of carbonyl (C=O) groups excluding carboxylic acids is 3. The van der Waals surface area contributed by atoms with Crippen LogP contribution >= 0.6 is 0 Å². The van der Waals surface area contributed by atoms with Crippen LogP contribution in [-0.4, -0.2) is 37.2 Å². The molecule has 6 heteroatoms. The third-order valence-corrected chi connectivity index (χ3v) is 13.0. The molecular weight excluding hydrogens is 841 g/mol. The van der Waals surface area contributed by atoms with Gasteiger partial charge in [0.05, 0.1) is 0 Å². The number of esters is 3. The molecule has 0 N–H and O–H groups in total. The second-order valence-electron chi connectivity index (χ2n) is 19.9. The summed E-state index contributed by atoms with van der Waals surface area (Å²) in [4.78, 5) is 38.1. The summed E-state index contributed by atoms with van der Waals surface area (Å²) < 4.78 is 16.9. The number of ether oxygens (including phenoxy) is 3. The minimum Gasteiger partial charge on any atom is -0.462 e. The molecule has 0 aromatic heterocycles. The van der Waals surface area contributed by atoms with Gasteiger partial charge in [-0.1, -0.05) is 236 Å². The average Bonchev–Trinajstić information content (AvgIpc) is 3.34. The minimum absolute atomic E-state index is 0.0785.